The molecule has 3 aliphatic heterocycles. The van der Waals surface area contributed by atoms with Crippen LogP contribution in [0.1, 0.15) is 38.5 Å². The number of fused-ring (bicyclic) bond motifs is 3. The van der Waals surface area contributed by atoms with Crippen LogP contribution in [-0.2, 0) is 4.79 Å². The van der Waals surface area contributed by atoms with Crippen molar-refractivity contribution < 1.29 is 9.21 Å². The van der Waals surface area contributed by atoms with E-state index < -0.39 is 0 Å². The quantitative estimate of drug-likeness (QED) is 0.787. The topological polar surface area (TPSA) is 70.4 Å². The van der Waals surface area contributed by atoms with Gasteiger partial charge in [0.1, 0.15) is 5.52 Å². The van der Waals surface area contributed by atoms with Crippen LogP contribution in [0.15, 0.2) is 28.7 Å². The highest BCUT2D eigenvalue weighted by molar-refractivity contribution is 5.85. The lowest BCUT2D eigenvalue weighted by molar-refractivity contribution is -0.126. The lowest BCUT2D eigenvalue weighted by Crippen LogP contribution is -2.50. The molecule has 3 aliphatic rings. The van der Waals surface area contributed by atoms with Crippen LogP contribution in [0.2, 0.25) is 0 Å². The monoisotopic (exact) mass is 426 g/mol. The van der Waals surface area contributed by atoms with Gasteiger partial charge in [-0.15, -0.1) is 24.8 Å². The predicted molar refractivity (Wildman–Crippen MR) is 115 cm³/mol. The number of piperidine rings is 2. The molecule has 0 aliphatic carbocycles. The van der Waals surface area contributed by atoms with Gasteiger partial charge >= 0.3 is 0 Å². The van der Waals surface area contributed by atoms with Crippen molar-refractivity contribution in [2.24, 2.45) is 5.92 Å². The summed E-state index contributed by atoms with van der Waals surface area (Å²) in [6.07, 6.45) is 6.43. The summed E-state index contributed by atoms with van der Waals surface area (Å²) in [5.74, 6) is 0.358. The minimum Gasteiger partial charge on any atom is -0.423 e. The highest BCUT2D eigenvalue weighted by Crippen LogP contribution is 2.29. The van der Waals surface area contributed by atoms with Gasteiger partial charge in [-0.3, -0.25) is 4.79 Å². The van der Waals surface area contributed by atoms with Gasteiger partial charge in [0.2, 0.25) is 5.91 Å². The van der Waals surface area contributed by atoms with Crippen LogP contribution >= 0.6 is 24.8 Å². The van der Waals surface area contributed by atoms with E-state index in [1.54, 1.807) is 0 Å². The largest absolute Gasteiger partial charge is 0.423 e. The molecule has 0 radical (unpaired) electrons. The molecule has 154 valence electrons. The van der Waals surface area contributed by atoms with Crippen LogP contribution in [-0.4, -0.2) is 42.1 Å². The first kappa shape index (κ1) is 21.2. The molecule has 8 heteroatoms. The molecular weight excluding hydrogens is 399 g/mol. The number of oxazole rings is 1. The number of hydrogen-bond donors (Lipinski definition) is 2. The van der Waals surface area contributed by atoms with Crippen molar-refractivity contribution in [1.29, 1.82) is 0 Å². The Balaban J connectivity index is 0.00000112. The van der Waals surface area contributed by atoms with Crippen molar-refractivity contribution in [3.63, 3.8) is 0 Å². The van der Waals surface area contributed by atoms with E-state index in [9.17, 15) is 4.79 Å². The van der Waals surface area contributed by atoms with Gasteiger partial charge in [-0.05, 0) is 50.7 Å². The fraction of sp³-hybridized carbons (Fsp3) is 0.600. The van der Waals surface area contributed by atoms with E-state index in [-0.39, 0.29) is 36.6 Å². The van der Waals surface area contributed by atoms with Crippen LogP contribution in [0.25, 0.3) is 11.1 Å². The average Bonchev–Trinajstić information content (AvgIpc) is 3.24. The molecule has 3 saturated heterocycles. The van der Waals surface area contributed by atoms with Crippen molar-refractivity contribution in [3.8, 4) is 0 Å². The van der Waals surface area contributed by atoms with Gasteiger partial charge in [0.15, 0.2) is 5.58 Å². The third-order valence-electron chi connectivity index (χ3n) is 6.24. The molecule has 2 N–H and O–H groups in total. The molecule has 28 heavy (non-hydrogen) atoms. The smallest absolute Gasteiger partial charge is 0.298 e. The number of nitrogens with zero attached hydrogens (tertiary/aromatic N) is 2. The number of benzene rings is 1. The first-order valence-electron chi connectivity index (χ1n) is 9.91. The Morgan fingerprint density at radius 2 is 1.75 bits per heavy atom. The lowest BCUT2D eigenvalue weighted by Gasteiger charge is -2.33. The predicted octanol–water partition coefficient (Wildman–Crippen LogP) is 3.29. The molecule has 5 rings (SSSR count). The molecule has 1 amide bonds. The van der Waals surface area contributed by atoms with Crippen LogP contribution in [0.3, 0.4) is 0 Å². The number of hydrogen-bond acceptors (Lipinski definition) is 5. The van der Waals surface area contributed by atoms with E-state index in [1.165, 1.54) is 12.8 Å². The van der Waals surface area contributed by atoms with E-state index >= 15 is 0 Å². The lowest BCUT2D eigenvalue weighted by atomic mass is 9.94. The van der Waals surface area contributed by atoms with Crippen LogP contribution in [0, 0.1) is 5.92 Å². The number of carbonyl (C=O) groups excluding carboxylic acids is 1. The standard InChI is InChI=1S/C20H26N4O2.2ClH/c25-19(22-16-11-14-5-6-15(12-16)21-14)13-7-9-24(10-8-13)20-23-17-3-1-2-4-18(17)26-20;;/h1-4,13-16,21H,5-12H2,(H,22,25);2*1H. The molecule has 4 heterocycles. The highest BCUT2D eigenvalue weighted by atomic mass is 35.5. The molecule has 2 bridgehead atoms. The summed E-state index contributed by atoms with van der Waals surface area (Å²) in [5.41, 5.74) is 1.71. The number of para-hydroxylation sites is 2. The number of anilines is 1. The minimum atomic E-state index is 0. The fourth-order valence-electron chi connectivity index (χ4n) is 4.82. The summed E-state index contributed by atoms with van der Waals surface area (Å²) in [6, 6.07) is 10.1. The molecular formula is C20H28Cl2N4O2. The van der Waals surface area contributed by atoms with E-state index in [0.29, 0.717) is 24.1 Å². The normalized spacial score (nSPS) is 27.1. The molecule has 6 nitrogen and oxygen atoms in total. The van der Waals surface area contributed by atoms with Crippen LogP contribution in [0.5, 0.6) is 0 Å². The molecule has 0 spiro atoms. The fourth-order valence-corrected chi connectivity index (χ4v) is 4.82. The average molecular weight is 427 g/mol. The SMILES string of the molecule is Cl.Cl.O=C(NC1CC2CCC(C1)N2)C1CCN(c2nc3ccccc3o2)CC1. The second kappa shape index (κ2) is 8.89. The summed E-state index contributed by atoms with van der Waals surface area (Å²) < 4.78 is 5.86. The van der Waals surface area contributed by atoms with Crippen LogP contribution in [0.4, 0.5) is 6.01 Å². The Morgan fingerprint density at radius 1 is 1.07 bits per heavy atom. The molecule has 2 aromatic rings. The number of nitrogens with one attached hydrogen (secondary N) is 2. The van der Waals surface area contributed by atoms with Crippen molar-refractivity contribution in [2.45, 2.75) is 56.7 Å². The summed E-state index contributed by atoms with van der Waals surface area (Å²) in [6.45, 7) is 1.64. The number of halogens is 2. The van der Waals surface area contributed by atoms with E-state index in [1.807, 2.05) is 24.3 Å². The summed E-state index contributed by atoms with van der Waals surface area (Å²) in [7, 11) is 0. The maximum atomic E-state index is 12.7. The van der Waals surface area contributed by atoms with Gasteiger partial charge in [-0.2, -0.15) is 4.98 Å². The van der Waals surface area contributed by atoms with Gasteiger partial charge in [-0.1, -0.05) is 12.1 Å². The van der Waals surface area contributed by atoms with Gasteiger partial charge in [0, 0.05) is 37.1 Å². The maximum absolute atomic E-state index is 12.7. The summed E-state index contributed by atoms with van der Waals surface area (Å²) in [5, 5.41) is 6.96. The molecule has 2 unspecified atom stereocenters. The molecule has 1 aromatic carbocycles. The molecule has 1 aromatic heterocycles. The van der Waals surface area contributed by atoms with Gasteiger partial charge in [0.05, 0.1) is 0 Å². The number of amides is 1. The number of aromatic nitrogens is 1. The Kier molecular flexibility index (Phi) is 6.73. The minimum absolute atomic E-state index is 0. The third-order valence-corrected chi connectivity index (χ3v) is 6.24. The Hall–Kier alpha value is -1.50. The zero-order chi connectivity index (χ0) is 17.5. The first-order chi connectivity index (χ1) is 12.7. The van der Waals surface area contributed by atoms with Gasteiger partial charge < -0.3 is 20.0 Å². The summed E-state index contributed by atoms with van der Waals surface area (Å²) >= 11 is 0. The zero-order valence-corrected chi connectivity index (χ0v) is 17.4. The van der Waals surface area contributed by atoms with E-state index in [4.69, 9.17) is 4.42 Å². The third kappa shape index (κ3) is 4.24. The van der Waals surface area contributed by atoms with E-state index in [2.05, 4.69) is 20.5 Å². The molecule has 0 saturated carbocycles. The van der Waals surface area contributed by atoms with Crippen LogP contribution < -0.4 is 15.5 Å². The first-order valence-corrected chi connectivity index (χ1v) is 9.91. The Morgan fingerprint density at radius 3 is 2.43 bits per heavy atom. The number of rotatable bonds is 3. The maximum Gasteiger partial charge on any atom is 0.298 e. The Labute approximate surface area is 177 Å². The van der Waals surface area contributed by atoms with E-state index in [0.717, 1.165) is 49.9 Å². The van der Waals surface area contributed by atoms with Crippen molar-refractivity contribution >= 4 is 47.8 Å². The molecule has 3 fully saturated rings. The molecule has 2 atom stereocenters. The van der Waals surface area contributed by atoms with Crippen molar-refractivity contribution in [1.82, 2.24) is 15.6 Å². The highest BCUT2D eigenvalue weighted by Gasteiger charge is 2.35. The Bertz CT molecular complexity index is 761. The number of carbonyl (C=O) groups is 1. The second-order valence-corrected chi connectivity index (χ2v) is 8.04. The van der Waals surface area contributed by atoms with Crippen molar-refractivity contribution in [3.05, 3.63) is 24.3 Å². The van der Waals surface area contributed by atoms with Gasteiger partial charge in [0.25, 0.3) is 6.01 Å². The second-order valence-electron chi connectivity index (χ2n) is 8.04. The summed E-state index contributed by atoms with van der Waals surface area (Å²) in [4.78, 5) is 19.4. The van der Waals surface area contributed by atoms with Gasteiger partial charge in [-0.25, -0.2) is 0 Å². The van der Waals surface area contributed by atoms with Crippen molar-refractivity contribution in [2.75, 3.05) is 18.0 Å². The zero-order valence-electron chi connectivity index (χ0n) is 15.8.